The molecule has 1 aliphatic carbocycles. The highest BCUT2D eigenvalue weighted by atomic mass is 19.1. The lowest BCUT2D eigenvalue weighted by molar-refractivity contribution is -0.382. The second-order valence-electron chi connectivity index (χ2n) is 6.49. The summed E-state index contributed by atoms with van der Waals surface area (Å²) in [7, 11) is 0. The molecule has 0 bridgehead atoms. The Balaban J connectivity index is 2.41. The van der Waals surface area contributed by atoms with Crippen molar-refractivity contribution in [1.82, 2.24) is 4.57 Å². The van der Waals surface area contributed by atoms with Crippen molar-refractivity contribution in [2.75, 3.05) is 5.32 Å². The molecule has 10 nitrogen and oxygen atoms in total. The van der Waals surface area contributed by atoms with Gasteiger partial charge in [-0.2, -0.15) is 0 Å². The number of aromatic carboxylic acids is 1. The summed E-state index contributed by atoms with van der Waals surface area (Å²) in [6.45, 7) is 1.51. The number of nitrogens with one attached hydrogen (secondary N) is 1. The topological polar surface area (TPSA) is 152 Å². The number of aromatic nitrogens is 1. The molecule has 1 atom stereocenters. The third kappa shape index (κ3) is 3.15. The van der Waals surface area contributed by atoms with Crippen molar-refractivity contribution in [3.8, 4) is 0 Å². The number of carboxylic acids is 2. The van der Waals surface area contributed by atoms with Crippen LogP contribution in [0.2, 0.25) is 0 Å². The zero-order chi connectivity index (χ0) is 20.7. The summed E-state index contributed by atoms with van der Waals surface area (Å²) in [5.74, 6) is -4.05. The minimum atomic E-state index is -1.52. The Morgan fingerprint density at radius 1 is 1.43 bits per heavy atom. The van der Waals surface area contributed by atoms with Crippen LogP contribution in [0.15, 0.2) is 17.1 Å². The van der Waals surface area contributed by atoms with Gasteiger partial charge in [0.25, 0.3) is 0 Å². The summed E-state index contributed by atoms with van der Waals surface area (Å²) in [6.07, 6.45) is 2.27. The van der Waals surface area contributed by atoms with Crippen LogP contribution in [0, 0.1) is 15.9 Å². The first-order valence-corrected chi connectivity index (χ1v) is 8.45. The third-order valence-electron chi connectivity index (χ3n) is 4.62. The molecule has 0 aliphatic heterocycles. The second kappa shape index (κ2) is 6.91. The molecule has 0 saturated heterocycles. The lowest BCUT2D eigenvalue weighted by Gasteiger charge is -2.18. The van der Waals surface area contributed by atoms with Crippen molar-refractivity contribution < 1.29 is 29.1 Å². The highest BCUT2D eigenvalue weighted by molar-refractivity contribution is 5.99. The number of fused-ring (bicyclic) bond motifs is 1. The molecule has 28 heavy (non-hydrogen) atoms. The number of hydrogen-bond acceptors (Lipinski definition) is 6. The van der Waals surface area contributed by atoms with E-state index in [2.05, 4.69) is 5.32 Å². The molecule has 11 heteroatoms. The Labute approximate surface area is 156 Å². The summed E-state index contributed by atoms with van der Waals surface area (Å²) in [6, 6.07) is -0.836. The highest BCUT2D eigenvalue weighted by Gasteiger charge is 2.34. The van der Waals surface area contributed by atoms with Crippen LogP contribution < -0.4 is 10.7 Å². The first-order chi connectivity index (χ1) is 13.2. The van der Waals surface area contributed by atoms with Crippen molar-refractivity contribution in [1.29, 1.82) is 0 Å². The van der Waals surface area contributed by atoms with Gasteiger partial charge in [-0.05, 0) is 25.3 Å². The van der Waals surface area contributed by atoms with Gasteiger partial charge in [0.15, 0.2) is 11.5 Å². The highest BCUT2D eigenvalue weighted by Crippen LogP contribution is 2.42. The molecule has 3 N–H and O–H groups in total. The van der Waals surface area contributed by atoms with Crippen molar-refractivity contribution >= 4 is 34.2 Å². The SMILES string of the molecule is CCC(Nc1c(F)cc2c(=O)c(C(=O)O)cn(C3CC3)c2c1[N+](=O)[O-])C(=O)O. The number of aliphatic carboxylic acids is 1. The summed E-state index contributed by atoms with van der Waals surface area (Å²) in [5.41, 5.74) is -3.34. The van der Waals surface area contributed by atoms with Crippen LogP contribution in [-0.2, 0) is 4.79 Å². The van der Waals surface area contributed by atoms with Crippen LogP contribution in [0.3, 0.4) is 0 Å². The molecule has 1 unspecified atom stereocenters. The van der Waals surface area contributed by atoms with Gasteiger partial charge in [0.05, 0.1) is 10.3 Å². The van der Waals surface area contributed by atoms with E-state index in [-0.39, 0.29) is 18.0 Å². The standard InChI is InChI=1S/C17H16FN3O7/c1-2-11(17(25)26)19-12-10(18)5-8-13(14(12)21(27)28)20(7-3-4-7)6-9(15(8)22)16(23)24/h5-7,11,19H,2-4H2,1H3,(H,23,24)(H,25,26). The van der Waals surface area contributed by atoms with E-state index in [9.17, 15) is 39.1 Å². The van der Waals surface area contributed by atoms with Crippen LogP contribution in [-0.4, -0.2) is 37.7 Å². The maximum Gasteiger partial charge on any atom is 0.341 e. The smallest absolute Gasteiger partial charge is 0.341 e. The van der Waals surface area contributed by atoms with Crippen LogP contribution in [0.1, 0.15) is 42.6 Å². The van der Waals surface area contributed by atoms with E-state index in [1.165, 1.54) is 11.5 Å². The van der Waals surface area contributed by atoms with E-state index in [4.69, 9.17) is 0 Å². The summed E-state index contributed by atoms with van der Waals surface area (Å²) in [5, 5.41) is 32.1. The van der Waals surface area contributed by atoms with E-state index in [0.717, 1.165) is 6.20 Å². The number of carbonyl (C=O) groups is 2. The quantitative estimate of drug-likeness (QED) is 0.479. The molecule has 0 amide bonds. The van der Waals surface area contributed by atoms with Gasteiger partial charge >= 0.3 is 17.6 Å². The van der Waals surface area contributed by atoms with Gasteiger partial charge in [-0.15, -0.1) is 0 Å². The van der Waals surface area contributed by atoms with Gasteiger partial charge in [0.2, 0.25) is 5.43 Å². The molecule has 0 spiro atoms. The largest absolute Gasteiger partial charge is 0.480 e. The van der Waals surface area contributed by atoms with Crippen LogP contribution >= 0.6 is 0 Å². The number of rotatable bonds is 7. The summed E-state index contributed by atoms with van der Waals surface area (Å²) in [4.78, 5) is 46.0. The van der Waals surface area contributed by atoms with E-state index in [0.29, 0.717) is 18.9 Å². The number of nitrogens with zero attached hydrogens (tertiary/aromatic N) is 2. The molecule has 1 heterocycles. The van der Waals surface area contributed by atoms with Crippen molar-refractivity contribution in [2.24, 2.45) is 0 Å². The molecular formula is C17H16FN3O7. The number of carboxylic acid groups (broad SMARTS) is 2. The number of halogens is 1. The Bertz CT molecular complexity index is 1070. The fourth-order valence-electron chi connectivity index (χ4n) is 3.09. The van der Waals surface area contributed by atoms with Gasteiger partial charge in [0, 0.05) is 12.2 Å². The predicted molar refractivity (Wildman–Crippen MR) is 95.4 cm³/mol. The fourth-order valence-corrected chi connectivity index (χ4v) is 3.09. The Morgan fingerprint density at radius 3 is 2.54 bits per heavy atom. The van der Waals surface area contributed by atoms with E-state index >= 15 is 0 Å². The molecule has 148 valence electrons. The molecule has 1 aromatic carbocycles. The summed E-state index contributed by atoms with van der Waals surface area (Å²) < 4.78 is 16.0. The van der Waals surface area contributed by atoms with Gasteiger partial charge in [-0.25, -0.2) is 14.0 Å². The van der Waals surface area contributed by atoms with E-state index in [1.54, 1.807) is 0 Å². The monoisotopic (exact) mass is 393 g/mol. The minimum absolute atomic E-state index is 0.0251. The second-order valence-corrected chi connectivity index (χ2v) is 6.49. The maximum absolute atomic E-state index is 14.7. The number of pyridine rings is 1. The molecule has 0 radical (unpaired) electrons. The average molecular weight is 393 g/mol. The molecule has 1 saturated carbocycles. The summed E-state index contributed by atoms with van der Waals surface area (Å²) >= 11 is 0. The third-order valence-corrected chi connectivity index (χ3v) is 4.62. The Morgan fingerprint density at radius 2 is 2.07 bits per heavy atom. The average Bonchev–Trinajstić information content (AvgIpc) is 3.44. The molecular weight excluding hydrogens is 377 g/mol. The van der Waals surface area contributed by atoms with Crippen LogP contribution in [0.25, 0.3) is 10.9 Å². The van der Waals surface area contributed by atoms with Gasteiger partial charge in [-0.1, -0.05) is 6.92 Å². The zero-order valence-corrected chi connectivity index (χ0v) is 14.6. The number of nitro groups is 1. The fraction of sp³-hybridized carbons (Fsp3) is 0.353. The van der Waals surface area contributed by atoms with Gasteiger partial charge in [0.1, 0.15) is 17.1 Å². The molecule has 1 aromatic heterocycles. The minimum Gasteiger partial charge on any atom is -0.480 e. The molecule has 1 fully saturated rings. The van der Waals surface area contributed by atoms with Crippen molar-refractivity contribution in [2.45, 2.75) is 38.3 Å². The Kier molecular flexibility index (Phi) is 4.75. The van der Waals surface area contributed by atoms with Crippen molar-refractivity contribution in [3.63, 3.8) is 0 Å². The molecule has 1 aliphatic rings. The number of nitro benzene ring substituents is 1. The number of anilines is 1. The first kappa shape index (κ1) is 19.3. The lowest BCUT2D eigenvalue weighted by atomic mass is 10.1. The maximum atomic E-state index is 14.7. The lowest BCUT2D eigenvalue weighted by Crippen LogP contribution is -2.29. The van der Waals surface area contributed by atoms with Gasteiger partial charge in [-0.3, -0.25) is 14.9 Å². The number of hydrogen-bond donors (Lipinski definition) is 3. The molecule has 2 aromatic rings. The van der Waals surface area contributed by atoms with E-state index in [1.807, 2.05) is 0 Å². The number of benzene rings is 1. The van der Waals surface area contributed by atoms with Gasteiger partial charge < -0.3 is 20.1 Å². The first-order valence-electron chi connectivity index (χ1n) is 8.45. The normalized spacial score (nSPS) is 14.6. The van der Waals surface area contributed by atoms with Crippen LogP contribution in [0.5, 0.6) is 0 Å². The molecule has 3 rings (SSSR count). The predicted octanol–water partition coefficient (Wildman–Crippen LogP) is 2.36. The van der Waals surface area contributed by atoms with Crippen molar-refractivity contribution in [3.05, 3.63) is 44.0 Å². The van der Waals surface area contributed by atoms with E-state index < -0.39 is 56.5 Å². The zero-order valence-electron chi connectivity index (χ0n) is 14.6. The van der Waals surface area contributed by atoms with Crippen LogP contribution in [0.4, 0.5) is 15.8 Å². The Hall–Kier alpha value is -3.50.